The highest BCUT2D eigenvalue weighted by Gasteiger charge is 2.42. The lowest BCUT2D eigenvalue weighted by atomic mass is 10.0. The number of hydrogen-bond acceptors (Lipinski definition) is 4. The summed E-state index contributed by atoms with van der Waals surface area (Å²) in [5.41, 5.74) is 1.47. The summed E-state index contributed by atoms with van der Waals surface area (Å²) < 4.78 is 0. The van der Waals surface area contributed by atoms with Gasteiger partial charge in [-0.3, -0.25) is 24.1 Å². The van der Waals surface area contributed by atoms with Gasteiger partial charge in [0.05, 0.1) is 11.1 Å². The van der Waals surface area contributed by atoms with E-state index in [0.29, 0.717) is 28.8 Å². The Morgan fingerprint density at radius 3 is 2.10 bits per heavy atom. The minimum absolute atomic E-state index is 0.0757. The molecule has 2 aromatic rings. The van der Waals surface area contributed by atoms with Gasteiger partial charge in [-0.1, -0.05) is 32.0 Å². The van der Waals surface area contributed by atoms with Crippen molar-refractivity contribution in [1.82, 2.24) is 9.80 Å². The largest absolute Gasteiger partial charge is 0.345 e. The molecule has 7 heteroatoms. The fourth-order valence-corrected chi connectivity index (χ4v) is 3.48. The van der Waals surface area contributed by atoms with E-state index in [0.717, 1.165) is 4.90 Å². The third-order valence-corrected chi connectivity index (χ3v) is 4.92. The van der Waals surface area contributed by atoms with E-state index < -0.39 is 23.8 Å². The first kappa shape index (κ1) is 21.2. The number of nitrogens with zero attached hydrogens (tertiary/aromatic N) is 2. The number of imide groups is 1. The molecule has 7 nitrogen and oxygen atoms in total. The number of carbonyl (C=O) groups is 4. The van der Waals surface area contributed by atoms with E-state index in [1.807, 2.05) is 13.8 Å². The average molecular weight is 407 g/mol. The predicted octanol–water partition coefficient (Wildman–Crippen LogP) is 3.04. The zero-order chi connectivity index (χ0) is 22.0. The van der Waals surface area contributed by atoms with E-state index in [9.17, 15) is 19.2 Å². The van der Waals surface area contributed by atoms with Crippen LogP contribution in [0.4, 0.5) is 5.69 Å². The molecule has 1 aliphatic heterocycles. The normalized spacial score (nSPS) is 14.0. The molecule has 156 valence electrons. The number of amides is 4. The molecule has 0 aromatic heterocycles. The Morgan fingerprint density at radius 1 is 0.967 bits per heavy atom. The number of benzene rings is 2. The van der Waals surface area contributed by atoms with Gasteiger partial charge in [0.25, 0.3) is 17.7 Å². The second kappa shape index (κ2) is 8.49. The van der Waals surface area contributed by atoms with Gasteiger partial charge >= 0.3 is 0 Å². The Bertz CT molecular complexity index is 978. The van der Waals surface area contributed by atoms with E-state index in [2.05, 4.69) is 5.32 Å². The fraction of sp³-hybridized carbons (Fsp3) is 0.304. The molecule has 0 saturated heterocycles. The van der Waals surface area contributed by atoms with Crippen molar-refractivity contribution in [3.63, 3.8) is 0 Å². The van der Waals surface area contributed by atoms with Gasteiger partial charge in [0, 0.05) is 25.3 Å². The van der Waals surface area contributed by atoms with Crippen LogP contribution in [0.25, 0.3) is 0 Å². The fourth-order valence-electron chi connectivity index (χ4n) is 3.48. The third kappa shape index (κ3) is 4.10. The predicted molar refractivity (Wildman–Crippen MR) is 113 cm³/mol. The van der Waals surface area contributed by atoms with Gasteiger partial charge in [0.2, 0.25) is 5.91 Å². The maximum Gasteiger partial charge on any atom is 0.262 e. The van der Waals surface area contributed by atoms with E-state index >= 15 is 0 Å². The molecule has 2 aromatic carbocycles. The number of fused-ring (bicyclic) bond motifs is 1. The first-order chi connectivity index (χ1) is 14.2. The second-order valence-electron chi connectivity index (χ2n) is 7.94. The molecular formula is C23H25N3O4. The van der Waals surface area contributed by atoms with Crippen molar-refractivity contribution in [2.24, 2.45) is 5.92 Å². The standard InChI is InChI=1S/C23H25N3O4/c1-14(2)12-19(26-22(29)17-10-5-6-11-18(17)23(26)30)20(27)24-16-9-7-8-15(13-16)21(28)25(3)4/h5-11,13-14,19H,12H2,1-4H3,(H,24,27). The summed E-state index contributed by atoms with van der Waals surface area (Å²) in [6.07, 6.45) is 0.327. The zero-order valence-electron chi connectivity index (χ0n) is 17.5. The molecule has 0 bridgehead atoms. The van der Waals surface area contributed by atoms with E-state index in [4.69, 9.17) is 0 Å². The molecule has 0 fully saturated rings. The lowest BCUT2D eigenvalue weighted by Crippen LogP contribution is -2.48. The van der Waals surface area contributed by atoms with Crippen LogP contribution in [-0.4, -0.2) is 53.6 Å². The van der Waals surface area contributed by atoms with Crippen molar-refractivity contribution in [2.45, 2.75) is 26.3 Å². The van der Waals surface area contributed by atoms with Crippen LogP contribution in [0.15, 0.2) is 48.5 Å². The number of hydrogen-bond donors (Lipinski definition) is 1. The first-order valence-electron chi connectivity index (χ1n) is 9.80. The highest BCUT2D eigenvalue weighted by Crippen LogP contribution is 2.27. The molecule has 1 heterocycles. The molecule has 4 amide bonds. The summed E-state index contributed by atoms with van der Waals surface area (Å²) in [4.78, 5) is 53.6. The molecule has 1 atom stereocenters. The molecule has 1 N–H and O–H groups in total. The van der Waals surface area contributed by atoms with Gasteiger partial charge in [-0.05, 0) is 42.7 Å². The zero-order valence-corrected chi connectivity index (χ0v) is 17.5. The van der Waals surface area contributed by atoms with E-state index in [1.165, 1.54) is 4.90 Å². The van der Waals surface area contributed by atoms with Crippen LogP contribution in [0.1, 0.15) is 51.3 Å². The van der Waals surface area contributed by atoms with Gasteiger partial charge in [-0.15, -0.1) is 0 Å². The van der Waals surface area contributed by atoms with Crippen LogP contribution in [0.3, 0.4) is 0 Å². The number of anilines is 1. The third-order valence-electron chi connectivity index (χ3n) is 4.92. The maximum absolute atomic E-state index is 13.1. The SMILES string of the molecule is CC(C)CC(C(=O)Nc1cccc(C(=O)N(C)C)c1)N1C(=O)c2ccccc2C1=O. The Labute approximate surface area is 175 Å². The highest BCUT2D eigenvalue weighted by molar-refractivity contribution is 6.23. The Hall–Kier alpha value is -3.48. The molecule has 0 aliphatic carbocycles. The summed E-state index contributed by atoms with van der Waals surface area (Å²) in [5.74, 6) is -1.51. The van der Waals surface area contributed by atoms with Gasteiger partial charge < -0.3 is 10.2 Å². The number of rotatable bonds is 6. The molecule has 0 saturated carbocycles. The van der Waals surface area contributed by atoms with Crippen molar-refractivity contribution in [2.75, 3.05) is 19.4 Å². The second-order valence-corrected chi connectivity index (χ2v) is 7.94. The van der Waals surface area contributed by atoms with Crippen LogP contribution in [0.5, 0.6) is 0 Å². The smallest absolute Gasteiger partial charge is 0.262 e. The highest BCUT2D eigenvalue weighted by atomic mass is 16.2. The van der Waals surface area contributed by atoms with Crippen LogP contribution in [0.2, 0.25) is 0 Å². The van der Waals surface area contributed by atoms with Crippen LogP contribution in [0, 0.1) is 5.92 Å². The molecular weight excluding hydrogens is 382 g/mol. The summed E-state index contributed by atoms with van der Waals surface area (Å²) in [7, 11) is 3.29. The van der Waals surface area contributed by atoms with Gasteiger partial charge in [-0.25, -0.2) is 0 Å². The van der Waals surface area contributed by atoms with E-state index in [1.54, 1.807) is 62.6 Å². The number of carbonyl (C=O) groups excluding carboxylic acids is 4. The minimum atomic E-state index is -0.953. The van der Waals surface area contributed by atoms with Crippen LogP contribution < -0.4 is 5.32 Å². The van der Waals surface area contributed by atoms with E-state index in [-0.39, 0.29) is 11.8 Å². The van der Waals surface area contributed by atoms with Gasteiger partial charge in [-0.2, -0.15) is 0 Å². The topological polar surface area (TPSA) is 86.8 Å². The van der Waals surface area contributed by atoms with Crippen LogP contribution >= 0.6 is 0 Å². The first-order valence-corrected chi connectivity index (χ1v) is 9.80. The van der Waals surface area contributed by atoms with Crippen molar-refractivity contribution in [3.05, 3.63) is 65.2 Å². The molecule has 1 unspecified atom stereocenters. The quantitative estimate of drug-likeness (QED) is 0.746. The van der Waals surface area contributed by atoms with Gasteiger partial charge in [0.1, 0.15) is 6.04 Å². The van der Waals surface area contributed by atoms with Crippen molar-refractivity contribution in [3.8, 4) is 0 Å². The lowest BCUT2D eigenvalue weighted by Gasteiger charge is -2.27. The van der Waals surface area contributed by atoms with Crippen LogP contribution in [-0.2, 0) is 4.79 Å². The van der Waals surface area contributed by atoms with Crippen molar-refractivity contribution < 1.29 is 19.2 Å². The monoisotopic (exact) mass is 407 g/mol. The summed E-state index contributed by atoms with van der Waals surface area (Å²) in [5, 5.41) is 2.77. The molecule has 30 heavy (non-hydrogen) atoms. The van der Waals surface area contributed by atoms with Crippen molar-refractivity contribution in [1.29, 1.82) is 0 Å². The maximum atomic E-state index is 13.1. The molecule has 1 aliphatic rings. The summed E-state index contributed by atoms with van der Waals surface area (Å²) in [6, 6.07) is 12.2. The average Bonchev–Trinajstić information content (AvgIpc) is 2.96. The van der Waals surface area contributed by atoms with Crippen molar-refractivity contribution >= 4 is 29.3 Å². The Kier molecular flexibility index (Phi) is 6.01. The summed E-state index contributed by atoms with van der Waals surface area (Å²) >= 11 is 0. The summed E-state index contributed by atoms with van der Waals surface area (Å²) in [6.45, 7) is 3.85. The Morgan fingerprint density at radius 2 is 1.57 bits per heavy atom. The molecule has 3 rings (SSSR count). The lowest BCUT2D eigenvalue weighted by molar-refractivity contribution is -0.120. The molecule has 0 radical (unpaired) electrons. The minimum Gasteiger partial charge on any atom is -0.345 e. The number of nitrogens with one attached hydrogen (secondary N) is 1. The van der Waals surface area contributed by atoms with Gasteiger partial charge in [0.15, 0.2) is 0 Å². The molecule has 0 spiro atoms. The Balaban J connectivity index is 1.88.